The van der Waals surface area contributed by atoms with E-state index >= 15 is 0 Å². The summed E-state index contributed by atoms with van der Waals surface area (Å²) < 4.78 is 33.2. The number of aliphatic carboxylic acids is 1. The van der Waals surface area contributed by atoms with E-state index in [2.05, 4.69) is 0 Å². The average molecular weight is 525 g/mol. The van der Waals surface area contributed by atoms with E-state index in [9.17, 15) is 14.0 Å². The average Bonchev–Trinajstić information content (AvgIpc) is 3.31. The summed E-state index contributed by atoms with van der Waals surface area (Å²) in [6.07, 6.45) is 3.39. The number of carboxylic acids is 1. The molecular weight excluding hydrogens is 491 g/mol. The first-order chi connectivity index (χ1) is 18.3. The van der Waals surface area contributed by atoms with Gasteiger partial charge in [-0.25, -0.2) is 4.39 Å². The molecule has 1 aromatic heterocycles. The third-order valence-electron chi connectivity index (χ3n) is 7.00. The van der Waals surface area contributed by atoms with Crippen LogP contribution in [0.5, 0.6) is 11.5 Å². The van der Waals surface area contributed by atoms with Gasteiger partial charge in [0.2, 0.25) is 5.91 Å². The number of fused-ring (bicyclic) bond motifs is 3. The van der Waals surface area contributed by atoms with Crippen molar-refractivity contribution in [3.8, 4) is 17.2 Å². The van der Waals surface area contributed by atoms with Crippen molar-refractivity contribution < 1.29 is 33.3 Å². The van der Waals surface area contributed by atoms with Crippen molar-refractivity contribution in [3.05, 3.63) is 77.4 Å². The van der Waals surface area contributed by atoms with E-state index in [0.29, 0.717) is 31.2 Å². The van der Waals surface area contributed by atoms with Crippen LogP contribution in [-0.4, -0.2) is 53.8 Å². The molecule has 8 nitrogen and oxygen atoms in total. The normalized spacial score (nSPS) is 16.8. The van der Waals surface area contributed by atoms with Crippen molar-refractivity contribution in [2.75, 3.05) is 27.3 Å². The highest BCUT2D eigenvalue weighted by molar-refractivity contribution is 5.73. The number of hydrogen-bond acceptors (Lipinski definition) is 5. The Balaban J connectivity index is 0.000000219. The topological polar surface area (TPSA) is 90.2 Å². The highest BCUT2D eigenvalue weighted by atomic mass is 19.1. The fourth-order valence-electron chi connectivity index (χ4n) is 5.06. The first-order valence-corrected chi connectivity index (χ1v) is 12.6. The lowest BCUT2D eigenvalue weighted by atomic mass is 9.94. The third-order valence-corrected chi connectivity index (χ3v) is 7.00. The summed E-state index contributed by atoms with van der Waals surface area (Å²) in [7, 11) is 3.18. The van der Waals surface area contributed by atoms with Gasteiger partial charge in [0.1, 0.15) is 11.9 Å². The van der Waals surface area contributed by atoms with Gasteiger partial charge in [0, 0.05) is 49.5 Å². The highest BCUT2D eigenvalue weighted by Gasteiger charge is 2.28. The van der Waals surface area contributed by atoms with Crippen LogP contribution in [0.15, 0.2) is 54.7 Å². The molecule has 2 aliphatic rings. The molecule has 2 aliphatic heterocycles. The van der Waals surface area contributed by atoms with Crippen molar-refractivity contribution >= 4 is 11.9 Å². The minimum absolute atomic E-state index is 0.0915. The molecule has 2 aromatic carbocycles. The van der Waals surface area contributed by atoms with Crippen LogP contribution < -0.4 is 9.47 Å². The van der Waals surface area contributed by atoms with Crippen molar-refractivity contribution in [3.63, 3.8) is 0 Å². The number of nitrogens with zero attached hydrogens (tertiary/aromatic N) is 2. The summed E-state index contributed by atoms with van der Waals surface area (Å²) in [5.41, 5.74) is 3.46. The summed E-state index contributed by atoms with van der Waals surface area (Å²) in [6.45, 7) is 3.40. The van der Waals surface area contributed by atoms with Crippen LogP contribution in [0, 0.1) is 11.7 Å². The quantitative estimate of drug-likeness (QED) is 0.507. The lowest BCUT2D eigenvalue weighted by Gasteiger charge is -2.30. The number of benzene rings is 2. The smallest absolute Gasteiger partial charge is 0.303 e. The van der Waals surface area contributed by atoms with Crippen LogP contribution in [0.3, 0.4) is 0 Å². The van der Waals surface area contributed by atoms with Crippen LogP contribution in [0.2, 0.25) is 0 Å². The Morgan fingerprint density at radius 1 is 1.05 bits per heavy atom. The number of likely N-dealkylation sites (tertiary alicyclic amines) is 1. The maximum Gasteiger partial charge on any atom is 0.303 e. The molecule has 1 fully saturated rings. The first-order valence-electron chi connectivity index (χ1n) is 12.6. The van der Waals surface area contributed by atoms with Gasteiger partial charge in [-0.3, -0.25) is 9.59 Å². The van der Waals surface area contributed by atoms with Crippen LogP contribution >= 0.6 is 0 Å². The van der Waals surface area contributed by atoms with Gasteiger partial charge in [0.05, 0.1) is 26.5 Å². The molecule has 0 spiro atoms. The standard InChI is InChI=1S/C20H18FNO3.C9H15NO3/c1-23-18-7-3-6-15(20(18)24-2)19-16-11-13(21)8-9-17(16)22-10-4-5-14(22)12-25-19;1-7(11)10-4-2-8(3-5-10)6-9(12)13/h3-11,19H,12H2,1-2H3;8H,2-6H2,1H3,(H,12,13)/t19-;/m1./s1. The molecular formula is C29H33FN2O6. The Bertz CT molecular complexity index is 1280. The molecule has 0 radical (unpaired) electrons. The van der Waals surface area contributed by atoms with Crippen LogP contribution in [0.4, 0.5) is 4.39 Å². The number of rotatable bonds is 5. The number of hydrogen-bond donors (Lipinski definition) is 1. The Kier molecular flexibility index (Phi) is 8.68. The molecule has 1 amide bonds. The molecule has 0 saturated carbocycles. The Morgan fingerprint density at radius 3 is 2.47 bits per heavy atom. The van der Waals surface area contributed by atoms with Gasteiger partial charge in [-0.15, -0.1) is 0 Å². The molecule has 1 atom stereocenters. The largest absolute Gasteiger partial charge is 0.493 e. The van der Waals surface area contributed by atoms with Gasteiger partial charge in [0.25, 0.3) is 0 Å². The minimum Gasteiger partial charge on any atom is -0.493 e. The molecule has 0 unspecified atom stereocenters. The zero-order chi connectivity index (χ0) is 27.2. The number of carbonyl (C=O) groups excluding carboxylic acids is 1. The molecule has 1 saturated heterocycles. The monoisotopic (exact) mass is 524 g/mol. The van der Waals surface area contributed by atoms with E-state index < -0.39 is 12.1 Å². The zero-order valence-electron chi connectivity index (χ0n) is 21.9. The molecule has 5 rings (SSSR count). The highest BCUT2D eigenvalue weighted by Crippen LogP contribution is 2.42. The van der Waals surface area contributed by atoms with Gasteiger partial charge in [-0.05, 0) is 55.2 Å². The van der Waals surface area contributed by atoms with Gasteiger partial charge >= 0.3 is 5.97 Å². The van der Waals surface area contributed by atoms with Gasteiger partial charge in [0.15, 0.2) is 11.5 Å². The molecule has 202 valence electrons. The summed E-state index contributed by atoms with van der Waals surface area (Å²) >= 11 is 0. The number of para-hydroxylation sites is 1. The molecule has 1 N–H and O–H groups in total. The molecule has 9 heteroatoms. The van der Waals surface area contributed by atoms with Crippen molar-refractivity contribution in [1.82, 2.24) is 9.47 Å². The van der Waals surface area contributed by atoms with Crippen LogP contribution in [0.25, 0.3) is 5.69 Å². The summed E-state index contributed by atoms with van der Waals surface area (Å²) in [5.74, 6) is 0.523. The van der Waals surface area contributed by atoms with E-state index in [4.69, 9.17) is 19.3 Å². The maximum atomic E-state index is 14.0. The van der Waals surface area contributed by atoms with E-state index in [1.807, 2.05) is 41.1 Å². The number of methoxy groups -OCH3 is 2. The van der Waals surface area contributed by atoms with Crippen LogP contribution in [-0.2, 0) is 20.9 Å². The predicted octanol–water partition coefficient (Wildman–Crippen LogP) is 4.97. The van der Waals surface area contributed by atoms with E-state index in [1.165, 1.54) is 12.1 Å². The second-order valence-corrected chi connectivity index (χ2v) is 9.39. The number of halogens is 1. The summed E-state index contributed by atoms with van der Waals surface area (Å²) in [6, 6.07) is 14.3. The van der Waals surface area contributed by atoms with Gasteiger partial charge < -0.3 is 28.8 Å². The van der Waals surface area contributed by atoms with E-state index in [1.54, 1.807) is 32.1 Å². The maximum absolute atomic E-state index is 14.0. The van der Waals surface area contributed by atoms with E-state index in [0.717, 1.165) is 35.3 Å². The first kappa shape index (κ1) is 27.2. The number of carboxylic acid groups (broad SMARTS) is 1. The summed E-state index contributed by atoms with van der Waals surface area (Å²) in [4.78, 5) is 23.1. The number of amides is 1. The number of carbonyl (C=O) groups is 2. The predicted molar refractivity (Wildman–Crippen MR) is 139 cm³/mol. The third kappa shape index (κ3) is 5.99. The molecule has 3 aromatic rings. The minimum atomic E-state index is -0.735. The van der Waals surface area contributed by atoms with Crippen molar-refractivity contribution in [2.45, 2.75) is 38.9 Å². The number of ether oxygens (including phenoxy) is 3. The van der Waals surface area contributed by atoms with Crippen molar-refractivity contribution in [2.24, 2.45) is 5.92 Å². The van der Waals surface area contributed by atoms with Gasteiger partial charge in [-0.1, -0.05) is 12.1 Å². The zero-order valence-corrected chi connectivity index (χ0v) is 21.9. The molecule has 0 aliphatic carbocycles. The van der Waals surface area contributed by atoms with E-state index in [-0.39, 0.29) is 24.1 Å². The molecule has 0 bridgehead atoms. The Morgan fingerprint density at radius 2 is 1.82 bits per heavy atom. The molecule has 38 heavy (non-hydrogen) atoms. The lowest BCUT2D eigenvalue weighted by molar-refractivity contribution is -0.138. The second kappa shape index (κ2) is 12.1. The SMILES string of the molecule is CC(=O)N1CCC(CC(=O)O)CC1.COc1cccc([C@H]2OCc3cccn3-c3ccc(F)cc32)c1OC. The van der Waals surface area contributed by atoms with Crippen LogP contribution in [0.1, 0.15) is 49.1 Å². The lowest BCUT2D eigenvalue weighted by Crippen LogP contribution is -2.37. The second-order valence-electron chi connectivity index (χ2n) is 9.39. The summed E-state index contributed by atoms with van der Waals surface area (Å²) in [5, 5.41) is 8.56. The van der Waals surface area contributed by atoms with Gasteiger partial charge in [-0.2, -0.15) is 0 Å². The fourth-order valence-corrected chi connectivity index (χ4v) is 5.06. The Hall–Kier alpha value is -3.85. The fraction of sp³-hybridized carbons (Fsp3) is 0.379. The van der Waals surface area contributed by atoms with Crippen molar-refractivity contribution in [1.29, 1.82) is 0 Å². The Labute approximate surface area is 221 Å². The number of piperidine rings is 1. The molecule has 3 heterocycles. The number of aromatic nitrogens is 1.